The Kier molecular flexibility index (Phi) is 3.42. The number of rotatable bonds is 3. The predicted octanol–water partition coefficient (Wildman–Crippen LogP) is 2.93. The number of benzene rings is 1. The van der Waals surface area contributed by atoms with Crippen LogP contribution in [0.25, 0.3) is 0 Å². The molecule has 1 fully saturated rings. The van der Waals surface area contributed by atoms with Gasteiger partial charge in [-0.3, -0.25) is 0 Å². The van der Waals surface area contributed by atoms with Crippen molar-refractivity contribution in [1.82, 2.24) is 5.32 Å². The van der Waals surface area contributed by atoms with Crippen molar-refractivity contribution in [2.45, 2.75) is 39.2 Å². The number of hydrogen-bond donors (Lipinski definition) is 1. The molecular weight excluding hydrogens is 182 g/mol. The summed E-state index contributed by atoms with van der Waals surface area (Å²) in [7, 11) is 0. The first-order valence-electron chi connectivity index (χ1n) is 6.09. The topological polar surface area (TPSA) is 12.0 Å². The van der Waals surface area contributed by atoms with Gasteiger partial charge >= 0.3 is 0 Å². The molecule has 2 rings (SSSR count). The maximum Gasteiger partial charge on any atom is 0.0136 e. The largest absolute Gasteiger partial charge is 0.313 e. The van der Waals surface area contributed by atoms with Gasteiger partial charge in [-0.05, 0) is 43.4 Å². The van der Waals surface area contributed by atoms with Crippen LogP contribution in [0.5, 0.6) is 0 Å². The van der Waals surface area contributed by atoms with E-state index in [2.05, 4.69) is 43.4 Å². The first-order valence-corrected chi connectivity index (χ1v) is 6.09. The highest BCUT2D eigenvalue weighted by Crippen LogP contribution is 2.23. The minimum atomic E-state index is 0.705. The summed E-state index contributed by atoms with van der Waals surface area (Å²) >= 11 is 0. The molecule has 1 heteroatoms. The molecule has 1 nitrogen and oxygen atoms in total. The fraction of sp³-hybridized carbons (Fsp3) is 0.571. The third-order valence-electron chi connectivity index (χ3n) is 3.72. The lowest BCUT2D eigenvalue weighted by Crippen LogP contribution is -2.29. The monoisotopic (exact) mass is 203 g/mol. The molecule has 1 heterocycles. The summed E-state index contributed by atoms with van der Waals surface area (Å²) in [4.78, 5) is 0. The molecule has 2 atom stereocenters. The van der Waals surface area contributed by atoms with E-state index >= 15 is 0 Å². The molecule has 1 N–H and O–H groups in total. The summed E-state index contributed by atoms with van der Waals surface area (Å²) in [5, 5.41) is 3.63. The van der Waals surface area contributed by atoms with E-state index in [1.807, 2.05) is 0 Å². The lowest BCUT2D eigenvalue weighted by atomic mass is 9.91. The van der Waals surface area contributed by atoms with Gasteiger partial charge in [-0.1, -0.05) is 37.6 Å². The summed E-state index contributed by atoms with van der Waals surface area (Å²) in [5.74, 6) is 0.879. The summed E-state index contributed by atoms with van der Waals surface area (Å²) < 4.78 is 0. The SMILES string of the molecule is CCC1CCNC1Cc1ccccc1C. The van der Waals surface area contributed by atoms with Gasteiger partial charge in [-0.25, -0.2) is 0 Å². The maximum absolute atomic E-state index is 3.63. The van der Waals surface area contributed by atoms with E-state index in [1.165, 1.54) is 36.9 Å². The van der Waals surface area contributed by atoms with E-state index in [0.717, 1.165) is 5.92 Å². The molecular formula is C14H21N. The molecule has 0 aliphatic carbocycles. The predicted molar refractivity (Wildman–Crippen MR) is 65.1 cm³/mol. The zero-order chi connectivity index (χ0) is 10.7. The van der Waals surface area contributed by atoms with Crippen molar-refractivity contribution in [2.75, 3.05) is 6.54 Å². The second-order valence-electron chi connectivity index (χ2n) is 4.65. The van der Waals surface area contributed by atoms with Crippen molar-refractivity contribution in [3.8, 4) is 0 Å². The quantitative estimate of drug-likeness (QED) is 0.796. The summed E-state index contributed by atoms with van der Waals surface area (Å²) in [6.07, 6.45) is 3.86. The highest BCUT2D eigenvalue weighted by molar-refractivity contribution is 5.26. The number of aryl methyl sites for hydroxylation is 1. The van der Waals surface area contributed by atoms with Crippen LogP contribution < -0.4 is 5.32 Å². The molecule has 0 amide bonds. The van der Waals surface area contributed by atoms with Gasteiger partial charge in [0.1, 0.15) is 0 Å². The molecule has 2 unspecified atom stereocenters. The zero-order valence-electron chi connectivity index (χ0n) is 9.79. The molecule has 1 saturated heterocycles. The summed E-state index contributed by atoms with van der Waals surface area (Å²) in [5.41, 5.74) is 2.94. The average molecular weight is 203 g/mol. The molecule has 1 aliphatic heterocycles. The van der Waals surface area contributed by atoms with Gasteiger partial charge in [0.15, 0.2) is 0 Å². The summed E-state index contributed by atoms with van der Waals surface area (Å²) in [6.45, 7) is 5.73. The smallest absolute Gasteiger partial charge is 0.0136 e. The van der Waals surface area contributed by atoms with Gasteiger partial charge < -0.3 is 5.32 Å². The van der Waals surface area contributed by atoms with Crippen LogP contribution in [-0.2, 0) is 6.42 Å². The van der Waals surface area contributed by atoms with Crippen LogP contribution in [0, 0.1) is 12.8 Å². The van der Waals surface area contributed by atoms with Crippen LogP contribution in [-0.4, -0.2) is 12.6 Å². The van der Waals surface area contributed by atoms with E-state index in [1.54, 1.807) is 0 Å². The Labute approximate surface area is 92.9 Å². The second-order valence-corrected chi connectivity index (χ2v) is 4.65. The molecule has 0 bridgehead atoms. The maximum atomic E-state index is 3.63. The van der Waals surface area contributed by atoms with E-state index in [9.17, 15) is 0 Å². The molecule has 15 heavy (non-hydrogen) atoms. The normalized spacial score (nSPS) is 25.7. The Hall–Kier alpha value is -0.820. The number of nitrogens with one attached hydrogen (secondary N) is 1. The Bertz CT molecular complexity index is 319. The van der Waals surface area contributed by atoms with E-state index in [0.29, 0.717) is 6.04 Å². The van der Waals surface area contributed by atoms with Crippen LogP contribution in [0.1, 0.15) is 30.9 Å². The average Bonchev–Trinajstić information content (AvgIpc) is 2.69. The van der Waals surface area contributed by atoms with Gasteiger partial charge in [0.05, 0.1) is 0 Å². The van der Waals surface area contributed by atoms with Crippen LogP contribution in [0.15, 0.2) is 24.3 Å². The zero-order valence-corrected chi connectivity index (χ0v) is 9.79. The Morgan fingerprint density at radius 2 is 2.13 bits per heavy atom. The Balaban J connectivity index is 2.05. The molecule has 82 valence electrons. The highest BCUT2D eigenvalue weighted by Gasteiger charge is 2.25. The van der Waals surface area contributed by atoms with Crippen molar-refractivity contribution < 1.29 is 0 Å². The van der Waals surface area contributed by atoms with Crippen LogP contribution in [0.4, 0.5) is 0 Å². The van der Waals surface area contributed by atoms with Crippen molar-refractivity contribution in [2.24, 2.45) is 5.92 Å². The van der Waals surface area contributed by atoms with E-state index < -0.39 is 0 Å². The first kappa shape index (κ1) is 10.7. The standard InChI is InChI=1S/C14H21N/c1-3-12-8-9-15-14(12)10-13-7-5-4-6-11(13)2/h4-7,12,14-15H,3,8-10H2,1-2H3. The lowest BCUT2D eigenvalue weighted by molar-refractivity contribution is 0.432. The van der Waals surface area contributed by atoms with Gasteiger partial charge in [0.2, 0.25) is 0 Å². The second kappa shape index (κ2) is 4.80. The molecule has 0 spiro atoms. The van der Waals surface area contributed by atoms with Gasteiger partial charge in [-0.15, -0.1) is 0 Å². The Morgan fingerprint density at radius 1 is 1.33 bits per heavy atom. The number of hydrogen-bond acceptors (Lipinski definition) is 1. The molecule has 1 aromatic rings. The minimum Gasteiger partial charge on any atom is -0.313 e. The van der Waals surface area contributed by atoms with Crippen molar-refractivity contribution in [1.29, 1.82) is 0 Å². The molecule has 1 aliphatic rings. The highest BCUT2D eigenvalue weighted by atomic mass is 14.9. The van der Waals surface area contributed by atoms with Crippen LogP contribution in [0.3, 0.4) is 0 Å². The lowest BCUT2D eigenvalue weighted by Gasteiger charge is -2.19. The Morgan fingerprint density at radius 3 is 2.87 bits per heavy atom. The van der Waals surface area contributed by atoms with E-state index in [4.69, 9.17) is 0 Å². The van der Waals surface area contributed by atoms with Gasteiger partial charge in [0, 0.05) is 6.04 Å². The minimum absolute atomic E-state index is 0.705. The third-order valence-corrected chi connectivity index (χ3v) is 3.72. The third kappa shape index (κ3) is 2.40. The van der Waals surface area contributed by atoms with Crippen LogP contribution >= 0.6 is 0 Å². The molecule has 0 radical (unpaired) electrons. The molecule has 0 saturated carbocycles. The van der Waals surface area contributed by atoms with Crippen molar-refractivity contribution >= 4 is 0 Å². The fourth-order valence-corrected chi connectivity index (χ4v) is 2.63. The molecule has 0 aromatic heterocycles. The van der Waals surface area contributed by atoms with Crippen LogP contribution in [0.2, 0.25) is 0 Å². The summed E-state index contributed by atoms with van der Waals surface area (Å²) in [6, 6.07) is 9.46. The molecule has 1 aromatic carbocycles. The van der Waals surface area contributed by atoms with Crippen molar-refractivity contribution in [3.63, 3.8) is 0 Å². The van der Waals surface area contributed by atoms with Crippen molar-refractivity contribution in [3.05, 3.63) is 35.4 Å². The fourth-order valence-electron chi connectivity index (χ4n) is 2.63. The van der Waals surface area contributed by atoms with Gasteiger partial charge in [-0.2, -0.15) is 0 Å². The first-order chi connectivity index (χ1) is 7.31. The van der Waals surface area contributed by atoms with E-state index in [-0.39, 0.29) is 0 Å². The van der Waals surface area contributed by atoms with Gasteiger partial charge in [0.25, 0.3) is 0 Å².